The lowest BCUT2D eigenvalue weighted by Crippen LogP contribution is -2.16. The summed E-state index contributed by atoms with van der Waals surface area (Å²) in [6.07, 6.45) is 1.76. The Hall–Kier alpha value is -3.41. The van der Waals surface area contributed by atoms with Gasteiger partial charge in [0.15, 0.2) is 0 Å². The highest BCUT2D eigenvalue weighted by Crippen LogP contribution is 2.21. The van der Waals surface area contributed by atoms with Crippen LogP contribution in [0.2, 0.25) is 0 Å². The molecule has 0 aliphatic carbocycles. The number of hydrogen-bond donors (Lipinski definition) is 1. The van der Waals surface area contributed by atoms with Crippen molar-refractivity contribution in [3.8, 4) is 0 Å². The minimum atomic E-state index is -0.270. The molecule has 27 heavy (non-hydrogen) atoms. The van der Waals surface area contributed by atoms with Crippen LogP contribution in [0.25, 0.3) is 16.7 Å². The minimum Gasteiger partial charge on any atom is -0.324 e. The minimum absolute atomic E-state index is 0.180. The molecule has 0 saturated heterocycles. The fraction of sp³-hybridized carbons (Fsp3) is 0.190. The lowest BCUT2D eigenvalue weighted by molar-refractivity contribution is 0.101. The zero-order chi connectivity index (χ0) is 19.3. The van der Waals surface area contributed by atoms with Crippen LogP contribution in [0.4, 0.5) is 5.69 Å². The van der Waals surface area contributed by atoms with E-state index in [0.29, 0.717) is 22.4 Å². The Bertz CT molecular complexity index is 1280. The maximum atomic E-state index is 12.9. The molecular formula is C21H20N4O2. The summed E-state index contributed by atoms with van der Waals surface area (Å²) in [6, 6.07) is 11.1. The maximum Gasteiger partial charge on any atom is 0.272 e. The molecule has 0 aliphatic heterocycles. The van der Waals surface area contributed by atoms with Gasteiger partial charge in [0, 0.05) is 18.9 Å². The molecular weight excluding hydrogens is 340 g/mol. The third-order valence-electron chi connectivity index (χ3n) is 5.03. The highest BCUT2D eigenvalue weighted by molar-refractivity contribution is 6.06. The van der Waals surface area contributed by atoms with Gasteiger partial charge in [-0.15, -0.1) is 0 Å². The number of hydrogen-bond acceptors (Lipinski definition) is 3. The van der Waals surface area contributed by atoms with Gasteiger partial charge < -0.3 is 9.88 Å². The van der Waals surface area contributed by atoms with Crippen molar-refractivity contribution in [1.29, 1.82) is 0 Å². The second-order valence-corrected chi connectivity index (χ2v) is 6.88. The van der Waals surface area contributed by atoms with Gasteiger partial charge in [-0.05, 0) is 55.7 Å². The molecule has 0 spiro atoms. The Balaban J connectivity index is 1.85. The van der Waals surface area contributed by atoms with Crippen molar-refractivity contribution in [2.24, 2.45) is 7.05 Å². The summed E-state index contributed by atoms with van der Waals surface area (Å²) in [5, 5.41) is 3.37. The predicted molar refractivity (Wildman–Crippen MR) is 107 cm³/mol. The van der Waals surface area contributed by atoms with Gasteiger partial charge in [-0.25, -0.2) is 4.98 Å². The molecule has 0 saturated carbocycles. The van der Waals surface area contributed by atoms with Crippen molar-refractivity contribution in [1.82, 2.24) is 14.0 Å². The van der Waals surface area contributed by atoms with Crippen LogP contribution >= 0.6 is 0 Å². The number of aromatic nitrogens is 3. The predicted octanol–water partition coefficient (Wildman–Crippen LogP) is 3.36. The second kappa shape index (κ2) is 6.09. The van der Waals surface area contributed by atoms with Crippen molar-refractivity contribution in [3.05, 3.63) is 75.3 Å². The van der Waals surface area contributed by atoms with Crippen LogP contribution in [0.1, 0.15) is 27.2 Å². The molecule has 0 fully saturated rings. The van der Waals surface area contributed by atoms with E-state index in [1.807, 2.05) is 45.0 Å². The first-order chi connectivity index (χ1) is 12.9. The van der Waals surface area contributed by atoms with E-state index in [4.69, 9.17) is 0 Å². The lowest BCUT2D eigenvalue weighted by atomic mass is 10.1. The van der Waals surface area contributed by atoms with Crippen molar-refractivity contribution in [2.75, 3.05) is 5.32 Å². The molecule has 0 unspecified atom stereocenters. The number of amides is 1. The molecule has 136 valence electrons. The first kappa shape index (κ1) is 17.0. The van der Waals surface area contributed by atoms with Gasteiger partial charge in [0.25, 0.3) is 11.5 Å². The van der Waals surface area contributed by atoms with Crippen LogP contribution in [-0.2, 0) is 7.05 Å². The van der Waals surface area contributed by atoms with E-state index in [2.05, 4.69) is 10.3 Å². The fourth-order valence-corrected chi connectivity index (χ4v) is 3.27. The summed E-state index contributed by atoms with van der Waals surface area (Å²) >= 11 is 0. The number of rotatable bonds is 2. The number of fused-ring (bicyclic) bond motifs is 2. The first-order valence-electron chi connectivity index (χ1n) is 8.73. The third kappa shape index (κ3) is 2.70. The number of benzene rings is 1. The van der Waals surface area contributed by atoms with Gasteiger partial charge in [-0.1, -0.05) is 18.2 Å². The summed E-state index contributed by atoms with van der Waals surface area (Å²) in [7, 11) is 1.75. The molecule has 4 aromatic rings. The molecule has 6 heteroatoms. The summed E-state index contributed by atoms with van der Waals surface area (Å²) in [4.78, 5) is 30.3. The SMILES string of the molecule is Cc1ccc2nc3c(cc(C(=O)Nc4cccc(C)c4C)n3C)c(=O)n2c1. The highest BCUT2D eigenvalue weighted by Gasteiger charge is 2.18. The molecule has 6 nitrogen and oxygen atoms in total. The van der Waals surface area contributed by atoms with Crippen LogP contribution in [0, 0.1) is 20.8 Å². The van der Waals surface area contributed by atoms with E-state index in [0.717, 1.165) is 22.4 Å². The lowest BCUT2D eigenvalue weighted by Gasteiger charge is -2.10. The molecule has 1 amide bonds. The number of carbonyl (C=O) groups is 1. The highest BCUT2D eigenvalue weighted by atomic mass is 16.2. The maximum absolute atomic E-state index is 12.9. The quantitative estimate of drug-likeness (QED) is 0.596. The number of anilines is 1. The monoisotopic (exact) mass is 360 g/mol. The average Bonchev–Trinajstić information content (AvgIpc) is 2.97. The van der Waals surface area contributed by atoms with E-state index in [1.165, 1.54) is 4.40 Å². The molecule has 1 aromatic carbocycles. The van der Waals surface area contributed by atoms with E-state index in [-0.39, 0.29) is 11.5 Å². The number of nitrogens with one attached hydrogen (secondary N) is 1. The van der Waals surface area contributed by atoms with E-state index in [9.17, 15) is 9.59 Å². The van der Waals surface area contributed by atoms with Gasteiger partial charge in [0.05, 0.1) is 5.39 Å². The van der Waals surface area contributed by atoms with Crippen LogP contribution in [0.3, 0.4) is 0 Å². The normalized spacial score (nSPS) is 11.3. The standard InChI is InChI=1S/C21H20N4O2/c1-12-8-9-18-23-19-15(21(27)25(18)11-12)10-17(24(19)4)20(26)22-16-7-5-6-13(2)14(16)3/h5-11H,1-4H3,(H,22,26). The molecule has 0 radical (unpaired) electrons. The van der Waals surface area contributed by atoms with Gasteiger partial charge in [-0.3, -0.25) is 14.0 Å². The van der Waals surface area contributed by atoms with Gasteiger partial charge in [0.1, 0.15) is 17.0 Å². The molecule has 1 N–H and O–H groups in total. The van der Waals surface area contributed by atoms with Crippen LogP contribution in [0.15, 0.2) is 47.4 Å². The average molecular weight is 360 g/mol. The van der Waals surface area contributed by atoms with Gasteiger partial charge in [0.2, 0.25) is 0 Å². The Kier molecular flexibility index (Phi) is 3.84. The fourth-order valence-electron chi connectivity index (χ4n) is 3.27. The van der Waals surface area contributed by atoms with E-state index in [1.54, 1.807) is 29.9 Å². The molecule has 0 atom stereocenters. The largest absolute Gasteiger partial charge is 0.324 e. The Morgan fingerprint density at radius 2 is 1.89 bits per heavy atom. The number of nitrogens with zero attached hydrogens (tertiary/aromatic N) is 3. The smallest absolute Gasteiger partial charge is 0.272 e. The zero-order valence-electron chi connectivity index (χ0n) is 15.7. The Labute approximate surface area is 156 Å². The van der Waals surface area contributed by atoms with Crippen LogP contribution in [-0.4, -0.2) is 19.9 Å². The molecule has 3 heterocycles. The number of carbonyl (C=O) groups excluding carboxylic acids is 1. The first-order valence-corrected chi connectivity index (χ1v) is 8.73. The summed E-state index contributed by atoms with van der Waals surface area (Å²) in [6.45, 7) is 5.89. The summed E-state index contributed by atoms with van der Waals surface area (Å²) in [5.41, 5.74) is 5.11. The second-order valence-electron chi connectivity index (χ2n) is 6.88. The van der Waals surface area contributed by atoms with Crippen LogP contribution in [0.5, 0.6) is 0 Å². The Morgan fingerprint density at radius 1 is 1.11 bits per heavy atom. The van der Waals surface area contributed by atoms with E-state index < -0.39 is 0 Å². The van der Waals surface area contributed by atoms with Crippen molar-refractivity contribution >= 4 is 28.3 Å². The molecule has 4 rings (SSSR count). The van der Waals surface area contributed by atoms with Crippen LogP contribution < -0.4 is 10.9 Å². The Morgan fingerprint density at radius 3 is 2.67 bits per heavy atom. The third-order valence-corrected chi connectivity index (χ3v) is 5.03. The van der Waals surface area contributed by atoms with Crippen molar-refractivity contribution in [3.63, 3.8) is 0 Å². The van der Waals surface area contributed by atoms with Crippen molar-refractivity contribution < 1.29 is 4.79 Å². The van der Waals surface area contributed by atoms with Gasteiger partial charge in [-0.2, -0.15) is 0 Å². The van der Waals surface area contributed by atoms with E-state index >= 15 is 0 Å². The number of pyridine rings is 1. The molecule has 0 aliphatic rings. The number of aryl methyl sites for hydroxylation is 3. The van der Waals surface area contributed by atoms with Crippen molar-refractivity contribution in [2.45, 2.75) is 20.8 Å². The molecule has 0 bridgehead atoms. The molecule has 3 aromatic heterocycles. The summed E-state index contributed by atoms with van der Waals surface area (Å²) < 4.78 is 3.18. The topological polar surface area (TPSA) is 68.4 Å². The summed E-state index contributed by atoms with van der Waals surface area (Å²) in [5.74, 6) is -0.270. The zero-order valence-corrected chi connectivity index (χ0v) is 15.7. The van der Waals surface area contributed by atoms with Gasteiger partial charge >= 0.3 is 0 Å².